The number of aliphatic hydroxyl groups is 2. The molecule has 0 bridgehead atoms. The lowest BCUT2D eigenvalue weighted by molar-refractivity contribution is -0.145. The van der Waals surface area contributed by atoms with Crippen molar-refractivity contribution in [3.63, 3.8) is 0 Å². The van der Waals surface area contributed by atoms with Gasteiger partial charge in [0, 0.05) is 19.1 Å². The Morgan fingerprint density at radius 3 is 2.25 bits per heavy atom. The third kappa shape index (κ3) is 3.93. The number of nitrogens with zero attached hydrogens (tertiary/aromatic N) is 1. The summed E-state index contributed by atoms with van der Waals surface area (Å²) in [6.45, 7) is 1.30. The number of aliphatic carboxylic acids is 1. The van der Waals surface area contributed by atoms with Crippen molar-refractivity contribution in [2.45, 2.75) is 63.0 Å². The first kappa shape index (κ1) is 15.7. The van der Waals surface area contributed by atoms with Gasteiger partial charge >= 0.3 is 5.97 Å². The fraction of sp³-hybridized carbons (Fsp3) is 0.933. The number of hydrogen-bond donors (Lipinski definition) is 3. The smallest absolute Gasteiger partial charge is 0.306 e. The number of carboxylic acids is 1. The number of rotatable bonds is 6. The van der Waals surface area contributed by atoms with Crippen LogP contribution in [0.25, 0.3) is 0 Å². The Morgan fingerprint density at radius 2 is 1.75 bits per heavy atom. The number of carbonyl (C=O) groups is 1. The Bertz CT molecular complexity index is 320. The number of aliphatic hydroxyl groups excluding tert-OH is 1. The summed E-state index contributed by atoms with van der Waals surface area (Å²) in [5.74, 6) is -1.04. The summed E-state index contributed by atoms with van der Waals surface area (Å²) in [5.41, 5.74) is -0.774. The van der Waals surface area contributed by atoms with E-state index >= 15 is 0 Å². The second kappa shape index (κ2) is 6.87. The molecule has 2 aliphatic rings. The van der Waals surface area contributed by atoms with Gasteiger partial charge in [0.25, 0.3) is 0 Å². The molecule has 0 saturated heterocycles. The average molecular weight is 285 g/mol. The molecule has 5 nitrogen and oxygen atoms in total. The molecular formula is C15H27NO4. The Labute approximate surface area is 120 Å². The van der Waals surface area contributed by atoms with Crippen LogP contribution >= 0.6 is 0 Å². The lowest BCUT2D eigenvalue weighted by atomic mass is 9.78. The second-order valence-corrected chi connectivity index (χ2v) is 6.47. The first-order chi connectivity index (χ1) is 9.54. The molecule has 116 valence electrons. The summed E-state index contributed by atoms with van der Waals surface area (Å²) in [7, 11) is 0. The van der Waals surface area contributed by atoms with Crippen LogP contribution < -0.4 is 0 Å². The molecule has 0 aromatic rings. The number of carboxylic acid groups (broad SMARTS) is 1. The standard InChI is InChI=1S/C15H27NO4/c17-10-9-16(13-3-1-2-4-13)11-15(20)7-5-12(6-8-15)14(18)19/h12-13,17,20H,1-11H2,(H,18,19). The molecule has 2 aliphatic carbocycles. The van der Waals surface area contributed by atoms with Crippen LogP contribution in [0.3, 0.4) is 0 Å². The van der Waals surface area contributed by atoms with E-state index < -0.39 is 11.6 Å². The van der Waals surface area contributed by atoms with E-state index in [0.717, 1.165) is 12.8 Å². The molecule has 0 aliphatic heterocycles. The molecule has 2 fully saturated rings. The van der Waals surface area contributed by atoms with E-state index in [1.165, 1.54) is 12.8 Å². The molecule has 20 heavy (non-hydrogen) atoms. The Balaban J connectivity index is 1.90. The van der Waals surface area contributed by atoms with Gasteiger partial charge in [-0.1, -0.05) is 12.8 Å². The van der Waals surface area contributed by atoms with Crippen LogP contribution in [0.2, 0.25) is 0 Å². The molecule has 0 radical (unpaired) electrons. The predicted octanol–water partition coefficient (Wildman–Crippen LogP) is 1.23. The topological polar surface area (TPSA) is 81.0 Å². The zero-order chi connectivity index (χ0) is 14.6. The zero-order valence-corrected chi connectivity index (χ0v) is 12.1. The van der Waals surface area contributed by atoms with Gasteiger partial charge in [0.15, 0.2) is 0 Å². The fourth-order valence-electron chi connectivity index (χ4n) is 3.73. The summed E-state index contributed by atoms with van der Waals surface area (Å²) >= 11 is 0. The first-order valence-electron chi connectivity index (χ1n) is 7.84. The SMILES string of the molecule is O=C(O)C1CCC(O)(CN(CCO)C2CCCC2)CC1. The molecule has 3 N–H and O–H groups in total. The lowest BCUT2D eigenvalue weighted by Crippen LogP contribution is -2.49. The molecule has 0 spiro atoms. The van der Waals surface area contributed by atoms with E-state index in [9.17, 15) is 15.0 Å². The van der Waals surface area contributed by atoms with Crippen molar-refractivity contribution in [1.82, 2.24) is 4.90 Å². The van der Waals surface area contributed by atoms with E-state index in [4.69, 9.17) is 5.11 Å². The van der Waals surface area contributed by atoms with Gasteiger partial charge < -0.3 is 15.3 Å². The van der Waals surface area contributed by atoms with Crippen LogP contribution in [0.4, 0.5) is 0 Å². The van der Waals surface area contributed by atoms with Gasteiger partial charge in [0.2, 0.25) is 0 Å². The Hall–Kier alpha value is -0.650. The van der Waals surface area contributed by atoms with Gasteiger partial charge in [-0.2, -0.15) is 0 Å². The molecular weight excluding hydrogens is 258 g/mol. The van der Waals surface area contributed by atoms with Crippen molar-refractivity contribution >= 4 is 5.97 Å². The van der Waals surface area contributed by atoms with Crippen LogP contribution in [0.15, 0.2) is 0 Å². The molecule has 2 saturated carbocycles. The molecule has 0 heterocycles. The predicted molar refractivity (Wildman–Crippen MR) is 75.5 cm³/mol. The van der Waals surface area contributed by atoms with Crippen LogP contribution in [-0.2, 0) is 4.79 Å². The van der Waals surface area contributed by atoms with E-state index in [0.29, 0.717) is 44.8 Å². The van der Waals surface area contributed by atoms with Gasteiger partial charge in [-0.25, -0.2) is 0 Å². The molecule has 2 rings (SSSR count). The van der Waals surface area contributed by atoms with Gasteiger partial charge in [-0.05, 0) is 38.5 Å². The highest BCUT2D eigenvalue weighted by Gasteiger charge is 2.38. The van der Waals surface area contributed by atoms with Crippen molar-refractivity contribution in [2.24, 2.45) is 5.92 Å². The largest absolute Gasteiger partial charge is 0.481 e. The highest BCUT2D eigenvalue weighted by Crippen LogP contribution is 2.34. The summed E-state index contributed by atoms with van der Waals surface area (Å²) in [4.78, 5) is 13.2. The zero-order valence-electron chi connectivity index (χ0n) is 12.1. The summed E-state index contributed by atoms with van der Waals surface area (Å²) in [5, 5.41) is 29.0. The lowest BCUT2D eigenvalue weighted by Gasteiger charge is -2.40. The average Bonchev–Trinajstić information content (AvgIpc) is 2.92. The van der Waals surface area contributed by atoms with Crippen LogP contribution in [-0.4, -0.2) is 57.5 Å². The van der Waals surface area contributed by atoms with Crippen LogP contribution in [0, 0.1) is 5.92 Å². The van der Waals surface area contributed by atoms with Crippen molar-refractivity contribution in [3.05, 3.63) is 0 Å². The maximum absolute atomic E-state index is 11.0. The molecule has 0 atom stereocenters. The highest BCUT2D eigenvalue weighted by molar-refractivity contribution is 5.70. The minimum atomic E-state index is -0.774. The third-order valence-corrected chi connectivity index (χ3v) is 4.99. The normalized spacial score (nSPS) is 31.9. The van der Waals surface area contributed by atoms with Gasteiger partial charge in [-0.15, -0.1) is 0 Å². The molecule has 0 amide bonds. The van der Waals surface area contributed by atoms with Crippen LogP contribution in [0.1, 0.15) is 51.4 Å². The van der Waals surface area contributed by atoms with Gasteiger partial charge in [-0.3, -0.25) is 9.69 Å². The molecule has 0 unspecified atom stereocenters. The Morgan fingerprint density at radius 1 is 1.15 bits per heavy atom. The number of hydrogen-bond acceptors (Lipinski definition) is 4. The molecule has 0 aromatic carbocycles. The van der Waals surface area contributed by atoms with Crippen LogP contribution in [0.5, 0.6) is 0 Å². The van der Waals surface area contributed by atoms with Gasteiger partial charge in [0.1, 0.15) is 0 Å². The quantitative estimate of drug-likeness (QED) is 0.684. The monoisotopic (exact) mass is 285 g/mol. The first-order valence-corrected chi connectivity index (χ1v) is 7.84. The molecule has 0 aromatic heterocycles. The second-order valence-electron chi connectivity index (χ2n) is 6.47. The molecule has 5 heteroatoms. The maximum atomic E-state index is 11.0. The minimum absolute atomic E-state index is 0.115. The third-order valence-electron chi connectivity index (χ3n) is 4.99. The van der Waals surface area contributed by atoms with E-state index in [-0.39, 0.29) is 12.5 Å². The minimum Gasteiger partial charge on any atom is -0.481 e. The maximum Gasteiger partial charge on any atom is 0.306 e. The van der Waals surface area contributed by atoms with E-state index in [1.54, 1.807) is 0 Å². The van der Waals surface area contributed by atoms with Crippen molar-refractivity contribution in [3.8, 4) is 0 Å². The Kier molecular flexibility index (Phi) is 5.41. The summed E-state index contributed by atoms with van der Waals surface area (Å²) in [6.07, 6.45) is 6.98. The summed E-state index contributed by atoms with van der Waals surface area (Å²) in [6, 6.07) is 0.475. The van der Waals surface area contributed by atoms with Crippen molar-refractivity contribution < 1.29 is 20.1 Å². The van der Waals surface area contributed by atoms with Crippen molar-refractivity contribution in [1.29, 1.82) is 0 Å². The van der Waals surface area contributed by atoms with Gasteiger partial charge in [0.05, 0.1) is 18.1 Å². The van der Waals surface area contributed by atoms with E-state index in [2.05, 4.69) is 4.90 Å². The van der Waals surface area contributed by atoms with Crippen molar-refractivity contribution in [2.75, 3.05) is 19.7 Å². The summed E-state index contributed by atoms with van der Waals surface area (Å²) < 4.78 is 0. The fourth-order valence-corrected chi connectivity index (χ4v) is 3.73. The van der Waals surface area contributed by atoms with E-state index in [1.807, 2.05) is 0 Å². The highest BCUT2D eigenvalue weighted by atomic mass is 16.4.